The number of fused-ring (bicyclic) bond motifs is 1. The molecule has 3 rings (SSSR count). The zero-order valence-electron chi connectivity index (χ0n) is 18.7. The molecule has 1 atom stereocenters. The molecule has 2 aliphatic rings. The Labute approximate surface area is 179 Å². The summed E-state index contributed by atoms with van der Waals surface area (Å²) in [4.78, 5) is 21.0. The summed E-state index contributed by atoms with van der Waals surface area (Å²) in [6.45, 7) is 11.7. The molecule has 8 nitrogen and oxygen atoms in total. The van der Waals surface area contributed by atoms with Gasteiger partial charge in [0.2, 0.25) is 0 Å². The molecule has 0 saturated carbocycles. The number of nitrogens with one attached hydrogen (secondary N) is 1. The second-order valence-corrected chi connectivity index (χ2v) is 8.63. The highest BCUT2D eigenvalue weighted by Gasteiger charge is 2.36. The van der Waals surface area contributed by atoms with Crippen molar-refractivity contribution in [2.45, 2.75) is 52.3 Å². The normalized spacial score (nSPS) is 18.6. The van der Waals surface area contributed by atoms with E-state index in [2.05, 4.69) is 22.1 Å². The average molecular weight is 419 g/mol. The number of carbonyl (C=O) groups is 1. The van der Waals surface area contributed by atoms with Crippen LogP contribution in [-0.4, -0.2) is 73.4 Å². The predicted octanol–water partition coefficient (Wildman–Crippen LogP) is 2.86. The summed E-state index contributed by atoms with van der Waals surface area (Å²) >= 11 is 0. The van der Waals surface area contributed by atoms with Gasteiger partial charge in [-0.3, -0.25) is 4.99 Å². The summed E-state index contributed by atoms with van der Waals surface area (Å²) in [6, 6.07) is 6.16. The minimum Gasteiger partial charge on any atom is -0.493 e. The van der Waals surface area contributed by atoms with Crippen LogP contribution < -0.4 is 14.8 Å². The molecule has 1 fully saturated rings. The number of methoxy groups -OCH3 is 1. The van der Waals surface area contributed by atoms with Crippen molar-refractivity contribution in [2.24, 2.45) is 4.99 Å². The number of ether oxygens (including phenoxy) is 3. The maximum absolute atomic E-state index is 12.4. The lowest BCUT2D eigenvalue weighted by Crippen LogP contribution is -2.57. The lowest BCUT2D eigenvalue weighted by atomic mass is 10.2. The van der Waals surface area contributed by atoms with E-state index in [1.807, 2.05) is 39.0 Å². The van der Waals surface area contributed by atoms with Gasteiger partial charge in [0.1, 0.15) is 5.60 Å². The number of rotatable bonds is 6. The van der Waals surface area contributed by atoms with Gasteiger partial charge in [-0.2, -0.15) is 0 Å². The molecule has 0 radical (unpaired) electrons. The van der Waals surface area contributed by atoms with Crippen molar-refractivity contribution in [3.63, 3.8) is 0 Å². The Morgan fingerprint density at radius 1 is 1.27 bits per heavy atom. The van der Waals surface area contributed by atoms with Gasteiger partial charge >= 0.3 is 6.09 Å². The fraction of sp³-hybridized carbons (Fsp3) is 0.636. The largest absolute Gasteiger partial charge is 0.493 e. The van der Waals surface area contributed by atoms with Crippen LogP contribution in [0.25, 0.3) is 0 Å². The lowest BCUT2D eigenvalue weighted by molar-refractivity contribution is 0.0137. The quantitative estimate of drug-likeness (QED) is 0.766. The highest BCUT2D eigenvalue weighted by molar-refractivity contribution is 5.82. The van der Waals surface area contributed by atoms with E-state index in [1.165, 1.54) is 0 Å². The van der Waals surface area contributed by atoms with Gasteiger partial charge in [-0.05, 0) is 44.9 Å². The Kier molecular flexibility index (Phi) is 6.95. The van der Waals surface area contributed by atoms with Crippen molar-refractivity contribution >= 4 is 12.1 Å². The predicted molar refractivity (Wildman–Crippen MR) is 116 cm³/mol. The Bertz CT molecular complexity index is 775. The monoisotopic (exact) mass is 418 g/mol. The SMILES string of the molecule is CCCOc1ccc(CNC2=NCC3CN(C(=O)OC(C)(C)C)CCN23)cc1OC. The third kappa shape index (κ3) is 5.49. The zero-order chi connectivity index (χ0) is 21.7. The molecule has 0 aliphatic carbocycles. The van der Waals surface area contributed by atoms with Crippen LogP contribution in [0.3, 0.4) is 0 Å². The zero-order valence-corrected chi connectivity index (χ0v) is 18.7. The van der Waals surface area contributed by atoms with Gasteiger partial charge < -0.3 is 29.3 Å². The molecular weight excluding hydrogens is 384 g/mol. The summed E-state index contributed by atoms with van der Waals surface area (Å²) in [5.41, 5.74) is 0.611. The van der Waals surface area contributed by atoms with Crippen LogP contribution in [0.5, 0.6) is 11.5 Å². The van der Waals surface area contributed by atoms with E-state index in [4.69, 9.17) is 14.2 Å². The molecule has 1 unspecified atom stereocenters. The molecule has 1 N–H and O–H groups in total. The van der Waals surface area contributed by atoms with Crippen LogP contribution in [0.4, 0.5) is 4.79 Å². The molecular formula is C22H34N4O4. The van der Waals surface area contributed by atoms with Crippen LogP contribution in [-0.2, 0) is 11.3 Å². The average Bonchev–Trinajstić information content (AvgIpc) is 3.12. The summed E-state index contributed by atoms with van der Waals surface area (Å²) in [6.07, 6.45) is 0.704. The first-order valence-electron chi connectivity index (χ1n) is 10.6. The Morgan fingerprint density at radius 2 is 2.07 bits per heavy atom. The topological polar surface area (TPSA) is 75.6 Å². The molecule has 0 bridgehead atoms. The second-order valence-electron chi connectivity index (χ2n) is 8.63. The summed E-state index contributed by atoms with van der Waals surface area (Å²) < 4.78 is 16.7. The number of hydrogen-bond donors (Lipinski definition) is 1. The van der Waals surface area contributed by atoms with Gasteiger partial charge in [-0.1, -0.05) is 13.0 Å². The summed E-state index contributed by atoms with van der Waals surface area (Å²) in [7, 11) is 1.65. The van der Waals surface area contributed by atoms with E-state index in [9.17, 15) is 4.79 Å². The highest BCUT2D eigenvalue weighted by atomic mass is 16.6. The number of benzene rings is 1. The standard InChI is InChI=1S/C22H34N4O4/c1-6-11-29-18-8-7-16(12-19(18)28-5)13-23-20-24-14-17-15-25(9-10-26(17)20)21(27)30-22(2,3)4/h7-8,12,17H,6,9-11,13-15H2,1-5H3,(H,23,24). The van der Waals surface area contributed by atoms with Crippen molar-refractivity contribution in [1.82, 2.24) is 15.1 Å². The van der Waals surface area contributed by atoms with E-state index in [1.54, 1.807) is 12.0 Å². The van der Waals surface area contributed by atoms with Crippen molar-refractivity contribution in [1.29, 1.82) is 0 Å². The molecule has 2 heterocycles. The van der Waals surface area contributed by atoms with E-state index >= 15 is 0 Å². The molecule has 0 aromatic heterocycles. The summed E-state index contributed by atoms with van der Waals surface area (Å²) in [5.74, 6) is 2.38. The van der Waals surface area contributed by atoms with Gasteiger partial charge in [0.15, 0.2) is 17.5 Å². The third-order valence-corrected chi connectivity index (χ3v) is 5.00. The smallest absolute Gasteiger partial charge is 0.410 e. The van der Waals surface area contributed by atoms with Crippen LogP contribution in [0.1, 0.15) is 39.7 Å². The fourth-order valence-corrected chi connectivity index (χ4v) is 3.56. The van der Waals surface area contributed by atoms with Crippen molar-refractivity contribution in [3.05, 3.63) is 23.8 Å². The van der Waals surface area contributed by atoms with Gasteiger partial charge in [0.05, 0.1) is 26.3 Å². The van der Waals surface area contributed by atoms with Crippen LogP contribution in [0.15, 0.2) is 23.2 Å². The Balaban J connectivity index is 1.53. The number of amides is 1. The molecule has 1 aromatic rings. The van der Waals surface area contributed by atoms with E-state index in [-0.39, 0.29) is 12.1 Å². The third-order valence-electron chi connectivity index (χ3n) is 5.00. The molecule has 2 aliphatic heterocycles. The van der Waals surface area contributed by atoms with Gasteiger partial charge in [0.25, 0.3) is 0 Å². The first kappa shape index (κ1) is 22.1. The number of carbonyl (C=O) groups excluding carboxylic acids is 1. The molecule has 1 amide bonds. The number of piperazine rings is 1. The van der Waals surface area contributed by atoms with Crippen molar-refractivity contribution < 1.29 is 19.0 Å². The van der Waals surface area contributed by atoms with Gasteiger partial charge in [-0.15, -0.1) is 0 Å². The van der Waals surface area contributed by atoms with Crippen molar-refractivity contribution in [2.75, 3.05) is 39.9 Å². The Morgan fingerprint density at radius 3 is 2.77 bits per heavy atom. The molecule has 166 valence electrons. The Hall–Kier alpha value is -2.64. The highest BCUT2D eigenvalue weighted by Crippen LogP contribution is 2.28. The number of hydrogen-bond acceptors (Lipinski definition) is 7. The first-order chi connectivity index (χ1) is 14.3. The second kappa shape index (κ2) is 9.45. The molecule has 1 saturated heterocycles. The molecule has 0 spiro atoms. The van der Waals surface area contributed by atoms with Gasteiger partial charge in [-0.25, -0.2) is 4.79 Å². The first-order valence-corrected chi connectivity index (χ1v) is 10.6. The van der Waals surface area contributed by atoms with Crippen molar-refractivity contribution in [3.8, 4) is 11.5 Å². The lowest BCUT2D eigenvalue weighted by Gasteiger charge is -2.39. The minimum absolute atomic E-state index is 0.188. The van der Waals surface area contributed by atoms with Crippen LogP contribution in [0, 0.1) is 0 Å². The number of guanidine groups is 1. The van der Waals surface area contributed by atoms with Gasteiger partial charge in [0, 0.05) is 26.2 Å². The molecule has 30 heavy (non-hydrogen) atoms. The molecule has 1 aromatic carbocycles. The minimum atomic E-state index is -0.481. The molecule has 8 heteroatoms. The number of aliphatic imine (C=N–C) groups is 1. The van der Waals surface area contributed by atoms with Crippen LogP contribution >= 0.6 is 0 Å². The van der Waals surface area contributed by atoms with Crippen LogP contribution in [0.2, 0.25) is 0 Å². The maximum atomic E-state index is 12.4. The maximum Gasteiger partial charge on any atom is 0.410 e. The summed E-state index contributed by atoms with van der Waals surface area (Å²) in [5, 5.41) is 3.44. The fourth-order valence-electron chi connectivity index (χ4n) is 3.56. The number of nitrogens with zero attached hydrogens (tertiary/aromatic N) is 3. The van der Waals surface area contributed by atoms with E-state index < -0.39 is 5.60 Å². The van der Waals surface area contributed by atoms with E-state index in [0.717, 1.165) is 36.0 Å². The van der Waals surface area contributed by atoms with E-state index in [0.29, 0.717) is 32.8 Å².